The van der Waals surface area contributed by atoms with Crippen molar-refractivity contribution in [2.24, 2.45) is 0 Å². The van der Waals surface area contributed by atoms with E-state index in [1.54, 1.807) is 0 Å². The topological polar surface area (TPSA) is 66.4 Å². The van der Waals surface area contributed by atoms with Crippen molar-refractivity contribution in [3.8, 4) is 0 Å². The zero-order valence-corrected chi connectivity index (χ0v) is 9.32. The fourth-order valence-corrected chi connectivity index (χ4v) is 1.12. The molecule has 0 atom stereocenters. The molecular formula is C10H8BrO4-. The first kappa shape index (κ1) is 11.7. The van der Waals surface area contributed by atoms with Gasteiger partial charge in [-0.1, -0.05) is 28.1 Å². The summed E-state index contributed by atoms with van der Waals surface area (Å²) in [7, 11) is 0. The first-order valence-corrected chi connectivity index (χ1v) is 5.32. The quantitative estimate of drug-likeness (QED) is 0.594. The van der Waals surface area contributed by atoms with Crippen molar-refractivity contribution in [3.63, 3.8) is 0 Å². The molecule has 0 aliphatic rings. The molecule has 0 heterocycles. The van der Waals surface area contributed by atoms with E-state index in [-0.39, 0.29) is 12.2 Å². The number of carbonyl (C=O) groups excluding carboxylic acids is 2. The second-order valence-electron chi connectivity index (χ2n) is 2.69. The summed E-state index contributed by atoms with van der Waals surface area (Å²) in [5.41, 5.74) is 0.355. The number of hydrogen-bond acceptors (Lipinski definition) is 4. The molecule has 0 unspecified atom stereocenters. The number of carboxylic acids is 1. The Morgan fingerprint density at radius 2 is 1.73 bits per heavy atom. The van der Waals surface area contributed by atoms with Crippen LogP contribution in [0.2, 0.25) is 0 Å². The Hall–Kier alpha value is -1.36. The maximum Gasteiger partial charge on any atom is 0.338 e. The summed E-state index contributed by atoms with van der Waals surface area (Å²) in [5.74, 6) is -1.74. The Kier molecular flexibility index (Phi) is 4.30. The van der Waals surface area contributed by atoms with Crippen LogP contribution in [0.1, 0.15) is 20.7 Å². The van der Waals surface area contributed by atoms with Gasteiger partial charge in [0.2, 0.25) is 0 Å². The van der Waals surface area contributed by atoms with Crippen molar-refractivity contribution in [1.82, 2.24) is 0 Å². The molecule has 0 saturated carbocycles. The van der Waals surface area contributed by atoms with E-state index < -0.39 is 11.9 Å². The van der Waals surface area contributed by atoms with Gasteiger partial charge < -0.3 is 14.6 Å². The molecule has 4 nitrogen and oxygen atoms in total. The number of halogens is 1. The maximum absolute atomic E-state index is 11.3. The third kappa shape index (κ3) is 3.36. The summed E-state index contributed by atoms with van der Waals surface area (Å²) < 4.78 is 4.83. The Labute approximate surface area is 95.0 Å². The van der Waals surface area contributed by atoms with Gasteiger partial charge in [-0.2, -0.15) is 0 Å². The van der Waals surface area contributed by atoms with Gasteiger partial charge in [0, 0.05) is 5.33 Å². The van der Waals surface area contributed by atoms with Crippen LogP contribution >= 0.6 is 15.9 Å². The van der Waals surface area contributed by atoms with E-state index in [0.717, 1.165) is 0 Å². The molecule has 0 aliphatic carbocycles. The van der Waals surface area contributed by atoms with Crippen molar-refractivity contribution in [2.45, 2.75) is 0 Å². The summed E-state index contributed by atoms with van der Waals surface area (Å²) in [4.78, 5) is 21.7. The van der Waals surface area contributed by atoms with Gasteiger partial charge in [-0.3, -0.25) is 0 Å². The Morgan fingerprint density at radius 1 is 1.20 bits per heavy atom. The molecule has 0 saturated heterocycles. The van der Waals surface area contributed by atoms with Gasteiger partial charge in [-0.25, -0.2) is 4.79 Å². The number of aromatic carboxylic acids is 1. The van der Waals surface area contributed by atoms with Gasteiger partial charge in [0.25, 0.3) is 0 Å². The summed E-state index contributed by atoms with van der Waals surface area (Å²) in [6, 6.07) is 5.39. The van der Waals surface area contributed by atoms with E-state index in [1.807, 2.05) is 0 Å². The number of rotatable bonds is 4. The van der Waals surface area contributed by atoms with Crippen LogP contribution in [0.5, 0.6) is 0 Å². The van der Waals surface area contributed by atoms with E-state index in [9.17, 15) is 14.7 Å². The lowest BCUT2D eigenvalue weighted by Crippen LogP contribution is -2.22. The van der Waals surface area contributed by atoms with Gasteiger partial charge in [0.1, 0.15) is 6.61 Å². The molecule has 0 spiro atoms. The minimum Gasteiger partial charge on any atom is -0.545 e. The second kappa shape index (κ2) is 5.50. The van der Waals surface area contributed by atoms with Crippen molar-refractivity contribution in [1.29, 1.82) is 0 Å². The van der Waals surface area contributed by atoms with Crippen molar-refractivity contribution in [3.05, 3.63) is 35.4 Å². The van der Waals surface area contributed by atoms with Gasteiger partial charge in [0.05, 0.1) is 11.5 Å². The average Bonchev–Trinajstić information content (AvgIpc) is 2.26. The summed E-state index contributed by atoms with van der Waals surface area (Å²) >= 11 is 3.12. The number of esters is 1. The SMILES string of the molecule is O=C([O-])c1ccc(C(=O)OCCBr)cc1. The Balaban J connectivity index is 2.71. The van der Waals surface area contributed by atoms with E-state index in [4.69, 9.17) is 4.74 Å². The zero-order chi connectivity index (χ0) is 11.3. The lowest BCUT2D eigenvalue weighted by atomic mass is 10.1. The Morgan fingerprint density at radius 3 is 2.20 bits per heavy atom. The van der Waals surface area contributed by atoms with E-state index >= 15 is 0 Å². The molecule has 0 bridgehead atoms. The predicted molar refractivity (Wildman–Crippen MR) is 54.8 cm³/mol. The van der Waals surface area contributed by atoms with Gasteiger partial charge in [-0.15, -0.1) is 0 Å². The van der Waals surface area contributed by atoms with Crippen LogP contribution in [-0.2, 0) is 4.74 Å². The van der Waals surface area contributed by atoms with Crippen LogP contribution in [0, 0.1) is 0 Å². The number of carbonyl (C=O) groups is 2. The molecule has 0 aliphatic heterocycles. The van der Waals surface area contributed by atoms with Crippen LogP contribution in [0.4, 0.5) is 0 Å². The molecule has 0 amide bonds. The highest BCUT2D eigenvalue weighted by Crippen LogP contribution is 2.05. The predicted octanol–water partition coefficient (Wildman–Crippen LogP) is 0.602. The first-order chi connectivity index (χ1) is 7.15. The average molecular weight is 272 g/mol. The minimum absolute atomic E-state index is 0.0343. The normalized spacial score (nSPS) is 9.67. The lowest BCUT2D eigenvalue weighted by molar-refractivity contribution is -0.255. The second-order valence-corrected chi connectivity index (χ2v) is 3.48. The number of hydrogen-bond donors (Lipinski definition) is 0. The molecule has 5 heteroatoms. The number of carboxylic acid groups (broad SMARTS) is 1. The number of alkyl halides is 1. The van der Waals surface area contributed by atoms with Crippen molar-refractivity contribution in [2.75, 3.05) is 11.9 Å². The first-order valence-electron chi connectivity index (χ1n) is 4.19. The third-order valence-corrected chi connectivity index (χ3v) is 1.99. The standard InChI is InChI=1S/C10H9BrO4/c11-5-6-15-10(14)8-3-1-7(2-4-8)9(12)13/h1-4H,5-6H2,(H,12,13)/p-1. The molecule has 0 N–H and O–H groups in total. The highest BCUT2D eigenvalue weighted by atomic mass is 79.9. The van der Waals surface area contributed by atoms with E-state index in [1.165, 1.54) is 24.3 Å². The fraction of sp³-hybridized carbons (Fsp3) is 0.200. The minimum atomic E-state index is -1.27. The molecular weight excluding hydrogens is 264 g/mol. The summed E-state index contributed by atoms with van der Waals surface area (Å²) in [5, 5.41) is 11.0. The summed E-state index contributed by atoms with van der Waals surface area (Å²) in [6.07, 6.45) is 0. The Bertz CT molecular complexity index is 358. The van der Waals surface area contributed by atoms with Crippen LogP contribution in [0.3, 0.4) is 0 Å². The lowest BCUT2D eigenvalue weighted by Gasteiger charge is -2.04. The van der Waals surface area contributed by atoms with Gasteiger partial charge >= 0.3 is 5.97 Å². The van der Waals surface area contributed by atoms with E-state index in [2.05, 4.69) is 15.9 Å². The molecule has 0 aromatic heterocycles. The zero-order valence-electron chi connectivity index (χ0n) is 7.73. The fourth-order valence-electron chi connectivity index (χ4n) is 0.957. The maximum atomic E-state index is 11.3. The number of benzene rings is 1. The van der Waals surface area contributed by atoms with Crippen LogP contribution < -0.4 is 5.11 Å². The van der Waals surface area contributed by atoms with Crippen molar-refractivity contribution < 1.29 is 19.4 Å². The number of ether oxygens (including phenoxy) is 1. The molecule has 15 heavy (non-hydrogen) atoms. The summed E-state index contributed by atoms with van der Waals surface area (Å²) in [6.45, 7) is 0.279. The molecule has 1 aromatic carbocycles. The largest absolute Gasteiger partial charge is 0.545 e. The molecule has 0 fully saturated rings. The monoisotopic (exact) mass is 271 g/mol. The van der Waals surface area contributed by atoms with Crippen LogP contribution in [0.25, 0.3) is 0 Å². The van der Waals surface area contributed by atoms with Crippen LogP contribution in [-0.4, -0.2) is 23.9 Å². The highest BCUT2D eigenvalue weighted by molar-refractivity contribution is 9.09. The van der Waals surface area contributed by atoms with Gasteiger partial charge in [0.15, 0.2) is 0 Å². The molecule has 0 radical (unpaired) electrons. The third-order valence-electron chi connectivity index (χ3n) is 1.67. The molecule has 1 rings (SSSR count). The molecule has 1 aromatic rings. The van der Waals surface area contributed by atoms with E-state index in [0.29, 0.717) is 10.9 Å². The smallest absolute Gasteiger partial charge is 0.338 e. The highest BCUT2D eigenvalue weighted by Gasteiger charge is 2.06. The van der Waals surface area contributed by atoms with Crippen LogP contribution in [0.15, 0.2) is 24.3 Å². The van der Waals surface area contributed by atoms with Crippen molar-refractivity contribution >= 4 is 27.9 Å². The van der Waals surface area contributed by atoms with Gasteiger partial charge in [-0.05, 0) is 17.7 Å². The molecule has 80 valence electrons.